The molecule has 23 heavy (non-hydrogen) atoms. The Balaban J connectivity index is 2.94. The second-order valence-corrected chi connectivity index (χ2v) is 20.4. The molecular weight excluding hydrogens is 360 g/mol. The molecule has 0 atom stereocenters. The zero-order chi connectivity index (χ0) is 17.9. The van der Waals surface area contributed by atoms with Gasteiger partial charge < -0.3 is 8.85 Å². The van der Waals surface area contributed by atoms with E-state index in [0.717, 1.165) is 11.3 Å². The molecule has 0 saturated carbocycles. The van der Waals surface area contributed by atoms with Crippen LogP contribution in [0.5, 0.6) is 11.9 Å². The van der Waals surface area contributed by atoms with Crippen molar-refractivity contribution in [1.29, 1.82) is 0 Å². The molecule has 0 unspecified atom stereocenters. The van der Waals surface area contributed by atoms with Crippen LogP contribution in [0, 0.1) is 0 Å². The summed E-state index contributed by atoms with van der Waals surface area (Å²) in [5, 5.41) is 0. The van der Waals surface area contributed by atoms with Gasteiger partial charge in [0.05, 0.1) is 0 Å². The Morgan fingerprint density at radius 3 is 2.04 bits per heavy atom. The lowest BCUT2D eigenvalue weighted by Gasteiger charge is -2.23. The van der Waals surface area contributed by atoms with Crippen molar-refractivity contribution in [3.05, 3.63) is 11.8 Å². The maximum Gasteiger partial charge on any atom is 0.305 e. The summed E-state index contributed by atoms with van der Waals surface area (Å²) in [6.07, 6.45) is 1.86. The van der Waals surface area contributed by atoms with Crippen LogP contribution in [0.3, 0.4) is 0 Å². The van der Waals surface area contributed by atoms with Gasteiger partial charge in [0, 0.05) is 22.3 Å². The SMILES string of the molecule is CC(C)(C)SSCc1cnc(O[Si](C)(C)C)nc1O[Si](C)(C)C. The van der Waals surface area contributed by atoms with Gasteiger partial charge >= 0.3 is 6.01 Å². The Morgan fingerprint density at radius 1 is 1.00 bits per heavy atom. The van der Waals surface area contributed by atoms with Crippen molar-refractivity contribution in [2.45, 2.75) is 70.6 Å². The number of rotatable bonds is 7. The molecule has 0 spiro atoms. The standard InChI is InChI=1S/C15H30N2O2S2Si2/c1-15(2,3)21-20-11-12-10-16-14(19-23(7,8)9)17-13(12)18-22(4,5)6/h10H,11H2,1-9H3. The molecule has 0 saturated heterocycles. The van der Waals surface area contributed by atoms with E-state index in [1.54, 1.807) is 0 Å². The topological polar surface area (TPSA) is 44.2 Å². The van der Waals surface area contributed by atoms with Gasteiger partial charge in [-0.1, -0.05) is 42.4 Å². The lowest BCUT2D eigenvalue weighted by atomic mass is 10.3. The van der Waals surface area contributed by atoms with Crippen LogP contribution in [0.4, 0.5) is 0 Å². The van der Waals surface area contributed by atoms with Crippen LogP contribution in [0.25, 0.3) is 0 Å². The molecule has 0 N–H and O–H groups in total. The van der Waals surface area contributed by atoms with Gasteiger partial charge in [-0.05, 0) is 39.3 Å². The Labute approximate surface area is 151 Å². The summed E-state index contributed by atoms with van der Waals surface area (Å²) in [7, 11) is 0.211. The second-order valence-electron chi connectivity index (χ2n) is 8.37. The van der Waals surface area contributed by atoms with Crippen LogP contribution in [-0.4, -0.2) is 31.3 Å². The predicted molar refractivity (Wildman–Crippen MR) is 109 cm³/mol. The fourth-order valence-electron chi connectivity index (χ4n) is 1.45. The fourth-order valence-corrected chi connectivity index (χ4v) is 5.20. The summed E-state index contributed by atoms with van der Waals surface area (Å²) in [5.74, 6) is 1.52. The maximum absolute atomic E-state index is 6.17. The molecule has 132 valence electrons. The molecule has 0 fully saturated rings. The van der Waals surface area contributed by atoms with Crippen molar-refractivity contribution in [1.82, 2.24) is 9.97 Å². The molecule has 0 amide bonds. The van der Waals surface area contributed by atoms with Crippen LogP contribution in [0.15, 0.2) is 6.20 Å². The molecule has 4 nitrogen and oxygen atoms in total. The summed E-state index contributed by atoms with van der Waals surface area (Å²) in [5.41, 5.74) is 1.04. The molecule has 1 aromatic rings. The average molecular weight is 391 g/mol. The van der Waals surface area contributed by atoms with E-state index in [9.17, 15) is 0 Å². The Kier molecular flexibility index (Phi) is 7.07. The van der Waals surface area contributed by atoms with Gasteiger partial charge in [-0.3, -0.25) is 0 Å². The van der Waals surface area contributed by atoms with E-state index in [2.05, 4.69) is 70.0 Å². The number of aromatic nitrogens is 2. The minimum Gasteiger partial charge on any atom is -0.531 e. The first-order chi connectivity index (χ1) is 10.3. The summed E-state index contributed by atoms with van der Waals surface area (Å²) in [6, 6.07) is 0.439. The summed E-state index contributed by atoms with van der Waals surface area (Å²) >= 11 is 0. The van der Waals surface area contributed by atoms with E-state index in [1.165, 1.54) is 0 Å². The highest BCUT2D eigenvalue weighted by Crippen LogP contribution is 2.38. The third-order valence-electron chi connectivity index (χ3n) is 2.13. The molecule has 0 aliphatic heterocycles. The van der Waals surface area contributed by atoms with Crippen LogP contribution >= 0.6 is 21.6 Å². The molecule has 0 aliphatic carbocycles. The number of hydrogen-bond donors (Lipinski definition) is 0. The summed E-state index contributed by atoms with van der Waals surface area (Å²) < 4.78 is 12.3. The highest BCUT2D eigenvalue weighted by Gasteiger charge is 2.23. The fraction of sp³-hybridized carbons (Fsp3) is 0.733. The van der Waals surface area contributed by atoms with Crippen molar-refractivity contribution in [2.75, 3.05) is 0 Å². The first-order valence-electron chi connectivity index (χ1n) is 7.80. The molecule has 0 aliphatic rings. The van der Waals surface area contributed by atoms with Gasteiger partial charge in [-0.25, -0.2) is 4.98 Å². The number of nitrogens with zero attached hydrogens (tertiary/aromatic N) is 2. The van der Waals surface area contributed by atoms with Crippen LogP contribution < -0.4 is 8.85 Å². The van der Waals surface area contributed by atoms with E-state index >= 15 is 0 Å². The molecule has 1 rings (SSSR count). The van der Waals surface area contributed by atoms with Crippen molar-refractivity contribution < 1.29 is 8.85 Å². The number of hydrogen-bond acceptors (Lipinski definition) is 6. The highest BCUT2D eigenvalue weighted by molar-refractivity contribution is 8.76. The maximum atomic E-state index is 6.17. The van der Waals surface area contributed by atoms with E-state index in [0.29, 0.717) is 11.9 Å². The summed E-state index contributed by atoms with van der Waals surface area (Å²) in [6.45, 7) is 19.5. The lowest BCUT2D eigenvalue weighted by molar-refractivity contribution is 0.472. The Bertz CT molecular complexity index is 524. The van der Waals surface area contributed by atoms with Crippen LogP contribution in [0.1, 0.15) is 26.3 Å². The van der Waals surface area contributed by atoms with E-state index < -0.39 is 16.6 Å². The third-order valence-corrected chi connectivity index (χ3v) is 6.98. The minimum absolute atomic E-state index is 0.228. The summed E-state index contributed by atoms with van der Waals surface area (Å²) in [4.78, 5) is 8.93. The van der Waals surface area contributed by atoms with Gasteiger partial charge in [-0.2, -0.15) is 4.98 Å². The monoisotopic (exact) mass is 390 g/mol. The second kappa shape index (κ2) is 7.80. The molecule has 1 aromatic heterocycles. The van der Waals surface area contributed by atoms with Crippen molar-refractivity contribution in [3.63, 3.8) is 0 Å². The Morgan fingerprint density at radius 2 is 1.57 bits per heavy atom. The first-order valence-corrected chi connectivity index (χ1v) is 16.9. The van der Waals surface area contributed by atoms with Crippen LogP contribution in [-0.2, 0) is 5.75 Å². The van der Waals surface area contributed by atoms with Crippen molar-refractivity contribution in [2.24, 2.45) is 0 Å². The van der Waals surface area contributed by atoms with Gasteiger partial charge in [-0.15, -0.1) is 0 Å². The zero-order valence-corrected chi connectivity index (χ0v) is 19.4. The van der Waals surface area contributed by atoms with Gasteiger partial charge in [0.1, 0.15) is 0 Å². The van der Waals surface area contributed by atoms with E-state index in [1.807, 2.05) is 27.8 Å². The van der Waals surface area contributed by atoms with Gasteiger partial charge in [0.2, 0.25) is 22.5 Å². The quantitative estimate of drug-likeness (QED) is 0.447. The third kappa shape index (κ3) is 9.63. The molecule has 1 heterocycles. The van der Waals surface area contributed by atoms with Gasteiger partial charge in [0.25, 0.3) is 0 Å². The molecule has 0 radical (unpaired) electrons. The van der Waals surface area contributed by atoms with Crippen molar-refractivity contribution >= 4 is 38.2 Å². The molecule has 8 heteroatoms. The lowest BCUT2D eigenvalue weighted by Crippen LogP contribution is -2.32. The predicted octanol–water partition coefficient (Wildman–Crippen LogP) is 5.58. The van der Waals surface area contributed by atoms with Crippen molar-refractivity contribution in [3.8, 4) is 11.9 Å². The molecular formula is C15H30N2O2S2Si2. The highest BCUT2D eigenvalue weighted by atomic mass is 33.1. The Hall–Kier alpha value is -0.186. The largest absolute Gasteiger partial charge is 0.531 e. The zero-order valence-electron chi connectivity index (χ0n) is 15.8. The van der Waals surface area contributed by atoms with Gasteiger partial charge in [0.15, 0.2) is 0 Å². The molecule has 0 bridgehead atoms. The van der Waals surface area contributed by atoms with E-state index in [-0.39, 0.29) is 4.75 Å². The first kappa shape index (κ1) is 20.9. The average Bonchev–Trinajstić information content (AvgIpc) is 2.26. The molecule has 0 aromatic carbocycles. The minimum atomic E-state index is -1.74. The van der Waals surface area contributed by atoms with E-state index in [4.69, 9.17) is 8.85 Å². The van der Waals surface area contributed by atoms with Crippen LogP contribution in [0.2, 0.25) is 39.3 Å². The normalized spacial score (nSPS) is 13.1. The smallest absolute Gasteiger partial charge is 0.305 e.